The summed E-state index contributed by atoms with van der Waals surface area (Å²) in [5.74, 6) is -4.98. The highest BCUT2D eigenvalue weighted by Crippen LogP contribution is 2.53. The van der Waals surface area contributed by atoms with Crippen molar-refractivity contribution in [2.24, 2.45) is 0 Å². The van der Waals surface area contributed by atoms with Crippen LogP contribution < -0.4 is 0 Å². The van der Waals surface area contributed by atoms with Crippen LogP contribution in [0.25, 0.3) is 0 Å². The minimum absolute atomic E-state index is 0.717. The third kappa shape index (κ3) is 2.11. The van der Waals surface area contributed by atoms with Gasteiger partial charge in [-0.05, 0) is 43.6 Å². The van der Waals surface area contributed by atoms with Crippen molar-refractivity contribution in [2.45, 2.75) is 55.1 Å². The molecule has 0 radical (unpaired) electrons. The first-order valence-corrected chi connectivity index (χ1v) is 7.67. The number of ether oxygens (including phenoxy) is 1. The highest BCUT2D eigenvalue weighted by molar-refractivity contribution is 9.10. The Labute approximate surface area is 145 Å². The summed E-state index contributed by atoms with van der Waals surface area (Å²) in [5.41, 5.74) is -9.98. The Morgan fingerprint density at radius 2 is 1.29 bits per heavy atom. The van der Waals surface area contributed by atoms with Gasteiger partial charge in [0, 0.05) is 0 Å². The van der Waals surface area contributed by atoms with Gasteiger partial charge in [-0.1, -0.05) is 0 Å². The molecular formula is C14H19BrO9. The van der Waals surface area contributed by atoms with Crippen LogP contribution in [0.2, 0.25) is 0 Å². The Morgan fingerprint density at radius 3 is 1.54 bits per heavy atom. The van der Waals surface area contributed by atoms with E-state index in [-0.39, 0.29) is 0 Å². The predicted molar refractivity (Wildman–Crippen MR) is 81.2 cm³/mol. The Bertz CT molecular complexity index is 619. The van der Waals surface area contributed by atoms with Gasteiger partial charge in [-0.3, -0.25) is 19.2 Å². The quantitative estimate of drug-likeness (QED) is 0.376. The molecule has 0 spiro atoms. The van der Waals surface area contributed by atoms with Gasteiger partial charge in [-0.15, -0.1) is 0 Å². The predicted octanol–water partition coefficient (Wildman–Crippen LogP) is -1.98. The van der Waals surface area contributed by atoms with E-state index >= 15 is 0 Å². The number of aliphatic hydroxyl groups is 4. The lowest BCUT2D eigenvalue weighted by Gasteiger charge is -2.60. The van der Waals surface area contributed by atoms with E-state index in [0.29, 0.717) is 0 Å². The molecule has 10 heteroatoms. The van der Waals surface area contributed by atoms with Crippen LogP contribution in [-0.4, -0.2) is 77.6 Å². The van der Waals surface area contributed by atoms with Gasteiger partial charge >= 0.3 is 0 Å². The summed E-state index contributed by atoms with van der Waals surface area (Å²) >= 11 is 2.72. The van der Waals surface area contributed by atoms with Crippen LogP contribution in [0.15, 0.2) is 0 Å². The molecule has 1 fully saturated rings. The number of aliphatic hydroxyl groups excluding tert-OH is 1. The summed E-state index contributed by atoms with van der Waals surface area (Å²) in [7, 11) is 0. The maximum atomic E-state index is 12.2. The summed E-state index contributed by atoms with van der Waals surface area (Å²) in [5, 5.41) is 42.1. The Hall–Kier alpha value is -1.04. The van der Waals surface area contributed by atoms with E-state index in [9.17, 15) is 39.6 Å². The molecule has 0 saturated carbocycles. The average Bonchev–Trinajstić information content (AvgIpc) is 2.47. The number of rotatable bonds is 5. The molecular weight excluding hydrogens is 392 g/mol. The summed E-state index contributed by atoms with van der Waals surface area (Å²) in [4.78, 5) is 48.4. The molecule has 0 aromatic heterocycles. The number of Topliss-reactive ketones (excluding diaryl/α,β-unsaturated/α-hetero) is 4. The highest BCUT2D eigenvalue weighted by atomic mass is 79.9. The SMILES string of the molecule is CC(=O)C1(Br)O[C@H](CO)[C@](O)(C(C)=O)[C@@](O)(C(C)=O)[C@@]1(O)C(C)=O. The third-order valence-corrected chi connectivity index (χ3v) is 5.80. The van der Waals surface area contributed by atoms with Gasteiger partial charge in [0.1, 0.15) is 6.10 Å². The van der Waals surface area contributed by atoms with Crippen LogP contribution in [-0.2, 0) is 23.9 Å². The Morgan fingerprint density at radius 1 is 0.875 bits per heavy atom. The van der Waals surface area contributed by atoms with E-state index in [1.165, 1.54) is 0 Å². The van der Waals surface area contributed by atoms with Crippen molar-refractivity contribution in [2.75, 3.05) is 6.61 Å². The first-order chi connectivity index (χ1) is 10.7. The number of ketones is 4. The lowest BCUT2D eigenvalue weighted by atomic mass is 9.59. The zero-order valence-electron chi connectivity index (χ0n) is 13.5. The number of carbonyl (C=O) groups is 4. The Kier molecular flexibility index (Phi) is 5.29. The molecule has 5 atom stereocenters. The van der Waals surface area contributed by atoms with Crippen LogP contribution in [0.3, 0.4) is 0 Å². The first kappa shape index (κ1) is 21.0. The van der Waals surface area contributed by atoms with Crippen molar-refractivity contribution in [1.29, 1.82) is 0 Å². The highest BCUT2D eigenvalue weighted by Gasteiger charge is 2.83. The Balaban J connectivity index is 4.05. The molecule has 9 nitrogen and oxygen atoms in total. The van der Waals surface area contributed by atoms with Crippen molar-refractivity contribution >= 4 is 39.1 Å². The summed E-state index contributed by atoms with van der Waals surface area (Å²) < 4.78 is 2.47. The molecule has 1 saturated heterocycles. The second-order valence-corrected chi connectivity index (χ2v) is 6.91. The van der Waals surface area contributed by atoms with Crippen LogP contribution in [0.1, 0.15) is 27.7 Å². The van der Waals surface area contributed by atoms with Gasteiger partial charge in [-0.25, -0.2) is 0 Å². The monoisotopic (exact) mass is 410 g/mol. The van der Waals surface area contributed by atoms with Crippen molar-refractivity contribution in [3.8, 4) is 0 Å². The largest absolute Gasteiger partial charge is 0.394 e. The fraction of sp³-hybridized carbons (Fsp3) is 0.714. The molecule has 4 N–H and O–H groups in total. The van der Waals surface area contributed by atoms with E-state index < -0.39 is 57.2 Å². The average molecular weight is 411 g/mol. The van der Waals surface area contributed by atoms with Gasteiger partial charge in [0.25, 0.3) is 0 Å². The number of halogens is 1. The summed E-state index contributed by atoms with van der Waals surface area (Å²) in [6, 6.07) is 0. The summed E-state index contributed by atoms with van der Waals surface area (Å²) in [6.07, 6.45) is -1.98. The topological polar surface area (TPSA) is 158 Å². The van der Waals surface area contributed by atoms with Gasteiger partial charge in [0.15, 0.2) is 28.7 Å². The zero-order chi connectivity index (χ0) is 19.3. The lowest BCUT2D eigenvalue weighted by Crippen LogP contribution is -2.89. The molecule has 0 aromatic rings. The van der Waals surface area contributed by atoms with Crippen molar-refractivity contribution in [3.05, 3.63) is 0 Å². The second-order valence-electron chi connectivity index (χ2n) is 5.80. The molecule has 136 valence electrons. The first-order valence-electron chi connectivity index (χ1n) is 6.88. The fourth-order valence-electron chi connectivity index (χ4n) is 3.10. The molecule has 1 aliphatic heterocycles. The van der Waals surface area contributed by atoms with Crippen LogP contribution in [0.5, 0.6) is 0 Å². The van der Waals surface area contributed by atoms with E-state index in [4.69, 9.17) is 4.74 Å². The molecule has 1 unspecified atom stereocenters. The lowest BCUT2D eigenvalue weighted by molar-refractivity contribution is -0.321. The van der Waals surface area contributed by atoms with Crippen LogP contribution in [0.4, 0.5) is 0 Å². The van der Waals surface area contributed by atoms with Gasteiger partial charge in [-0.2, -0.15) is 0 Å². The maximum Gasteiger partial charge on any atom is 0.220 e. The van der Waals surface area contributed by atoms with Gasteiger partial charge in [0.2, 0.25) is 15.7 Å². The number of hydrogen-bond acceptors (Lipinski definition) is 9. The minimum atomic E-state index is -3.46. The van der Waals surface area contributed by atoms with Gasteiger partial charge < -0.3 is 25.2 Å². The molecule has 0 aliphatic carbocycles. The molecule has 0 amide bonds. The third-order valence-electron chi connectivity index (χ3n) is 4.49. The van der Waals surface area contributed by atoms with E-state index in [1.807, 2.05) is 0 Å². The molecule has 0 aromatic carbocycles. The smallest absolute Gasteiger partial charge is 0.220 e. The summed E-state index contributed by atoms with van der Waals surface area (Å²) in [6.45, 7) is 2.02. The fourth-order valence-corrected chi connectivity index (χ4v) is 3.89. The standard InChI is InChI=1S/C14H19BrO9/c1-6(17)11(21)10(5-16)24-14(15,9(4)20)13(23,8(3)19)12(11,22)7(2)18/h10,16,21-23H,5H2,1-4H3/t10-,11-,12+,13+,14?/m1/s1. The zero-order valence-corrected chi connectivity index (χ0v) is 15.1. The number of carbonyl (C=O) groups excluding carboxylic acids is 4. The molecule has 1 heterocycles. The normalized spacial score (nSPS) is 42.5. The van der Waals surface area contributed by atoms with E-state index in [2.05, 4.69) is 15.9 Å². The van der Waals surface area contributed by atoms with E-state index in [0.717, 1.165) is 27.7 Å². The van der Waals surface area contributed by atoms with Crippen molar-refractivity contribution in [3.63, 3.8) is 0 Å². The number of alkyl halides is 1. The van der Waals surface area contributed by atoms with Crippen molar-refractivity contribution in [1.82, 2.24) is 0 Å². The molecule has 1 aliphatic rings. The van der Waals surface area contributed by atoms with Crippen LogP contribution >= 0.6 is 15.9 Å². The van der Waals surface area contributed by atoms with E-state index in [1.54, 1.807) is 0 Å². The molecule has 1 rings (SSSR count). The number of hydrogen-bond donors (Lipinski definition) is 4. The molecule has 24 heavy (non-hydrogen) atoms. The van der Waals surface area contributed by atoms with Crippen molar-refractivity contribution < 1.29 is 44.3 Å². The molecule has 0 bridgehead atoms. The second kappa shape index (κ2) is 6.04. The minimum Gasteiger partial charge on any atom is -0.394 e. The van der Waals surface area contributed by atoms with Crippen LogP contribution in [0, 0.1) is 0 Å². The van der Waals surface area contributed by atoms with Gasteiger partial charge in [0.05, 0.1) is 6.61 Å². The maximum absolute atomic E-state index is 12.2.